The standard InChI is InChI=1S/C10H11NO3/c11-7-3-1-6-2-4-8(10(12)13)14-9(6)5-7/h1,3,5,8H,2,4,11H2,(H,12,13). The van der Waals surface area contributed by atoms with Gasteiger partial charge in [-0.05, 0) is 24.5 Å². The maximum absolute atomic E-state index is 10.7. The van der Waals surface area contributed by atoms with Gasteiger partial charge < -0.3 is 15.6 Å². The summed E-state index contributed by atoms with van der Waals surface area (Å²) in [5, 5.41) is 8.78. The molecule has 1 atom stereocenters. The first-order valence-corrected chi connectivity index (χ1v) is 4.44. The summed E-state index contributed by atoms with van der Waals surface area (Å²) in [6.45, 7) is 0. The largest absolute Gasteiger partial charge is 0.479 e. The van der Waals surface area contributed by atoms with Crippen molar-refractivity contribution in [1.82, 2.24) is 0 Å². The Labute approximate surface area is 81.3 Å². The van der Waals surface area contributed by atoms with Gasteiger partial charge in [-0.2, -0.15) is 0 Å². The van der Waals surface area contributed by atoms with E-state index in [1.807, 2.05) is 6.07 Å². The van der Waals surface area contributed by atoms with Gasteiger partial charge in [0.1, 0.15) is 5.75 Å². The van der Waals surface area contributed by atoms with E-state index in [2.05, 4.69) is 0 Å². The first kappa shape index (κ1) is 8.87. The van der Waals surface area contributed by atoms with E-state index in [4.69, 9.17) is 15.6 Å². The summed E-state index contributed by atoms with van der Waals surface area (Å²) in [6, 6.07) is 5.34. The van der Waals surface area contributed by atoms with Crippen LogP contribution in [0.5, 0.6) is 5.75 Å². The Morgan fingerprint density at radius 2 is 2.36 bits per heavy atom. The number of fused-ring (bicyclic) bond motifs is 1. The number of hydrogen-bond donors (Lipinski definition) is 2. The third-order valence-electron chi connectivity index (χ3n) is 2.31. The molecule has 1 aliphatic heterocycles. The first-order valence-electron chi connectivity index (χ1n) is 4.44. The summed E-state index contributed by atoms with van der Waals surface area (Å²) in [7, 11) is 0. The van der Waals surface area contributed by atoms with E-state index in [0.717, 1.165) is 12.0 Å². The molecule has 1 aliphatic rings. The topological polar surface area (TPSA) is 72.5 Å². The lowest BCUT2D eigenvalue weighted by Gasteiger charge is -2.23. The molecule has 1 aromatic carbocycles. The molecule has 0 spiro atoms. The third-order valence-corrected chi connectivity index (χ3v) is 2.31. The molecular formula is C10H11NO3. The molecular weight excluding hydrogens is 182 g/mol. The third kappa shape index (κ3) is 1.51. The minimum Gasteiger partial charge on any atom is -0.479 e. The van der Waals surface area contributed by atoms with E-state index < -0.39 is 12.1 Å². The molecule has 0 saturated heterocycles. The normalized spacial score (nSPS) is 19.6. The second-order valence-electron chi connectivity index (χ2n) is 3.35. The van der Waals surface area contributed by atoms with Gasteiger partial charge in [0.15, 0.2) is 6.10 Å². The number of anilines is 1. The molecule has 74 valence electrons. The van der Waals surface area contributed by atoms with Gasteiger partial charge in [0, 0.05) is 11.8 Å². The number of rotatable bonds is 1. The summed E-state index contributed by atoms with van der Waals surface area (Å²) in [5.41, 5.74) is 7.19. The Morgan fingerprint density at radius 3 is 3.07 bits per heavy atom. The predicted molar refractivity (Wildman–Crippen MR) is 51.2 cm³/mol. The Morgan fingerprint density at radius 1 is 1.57 bits per heavy atom. The lowest BCUT2D eigenvalue weighted by molar-refractivity contribution is -0.145. The number of aryl methyl sites for hydroxylation is 1. The van der Waals surface area contributed by atoms with Crippen LogP contribution in [-0.4, -0.2) is 17.2 Å². The second kappa shape index (κ2) is 3.21. The lowest BCUT2D eigenvalue weighted by Crippen LogP contribution is -2.30. The fourth-order valence-corrected chi connectivity index (χ4v) is 1.56. The molecule has 14 heavy (non-hydrogen) atoms. The average Bonchev–Trinajstić information content (AvgIpc) is 2.16. The van der Waals surface area contributed by atoms with Crippen LogP contribution in [0.2, 0.25) is 0 Å². The molecule has 4 heteroatoms. The van der Waals surface area contributed by atoms with Crippen molar-refractivity contribution in [1.29, 1.82) is 0 Å². The minimum absolute atomic E-state index is 0.520. The van der Waals surface area contributed by atoms with Crippen molar-refractivity contribution >= 4 is 11.7 Å². The Hall–Kier alpha value is -1.71. The predicted octanol–water partition coefficient (Wildman–Crippen LogP) is 1.05. The highest BCUT2D eigenvalue weighted by atomic mass is 16.5. The van der Waals surface area contributed by atoms with Crippen molar-refractivity contribution in [2.75, 3.05) is 5.73 Å². The van der Waals surface area contributed by atoms with Crippen LogP contribution in [0.25, 0.3) is 0 Å². The number of carbonyl (C=O) groups is 1. The Balaban J connectivity index is 2.29. The van der Waals surface area contributed by atoms with E-state index >= 15 is 0 Å². The van der Waals surface area contributed by atoms with Gasteiger partial charge >= 0.3 is 5.97 Å². The number of nitrogens with two attached hydrogens (primary N) is 1. The van der Waals surface area contributed by atoms with Gasteiger partial charge in [0.25, 0.3) is 0 Å². The zero-order valence-electron chi connectivity index (χ0n) is 7.56. The van der Waals surface area contributed by atoms with Gasteiger partial charge in [-0.15, -0.1) is 0 Å². The molecule has 0 amide bonds. The average molecular weight is 193 g/mol. The van der Waals surface area contributed by atoms with Crippen molar-refractivity contribution in [3.05, 3.63) is 23.8 Å². The number of nitrogen functional groups attached to an aromatic ring is 1. The van der Waals surface area contributed by atoms with Crippen LogP contribution in [0, 0.1) is 0 Å². The quantitative estimate of drug-likeness (QED) is 0.654. The molecule has 3 N–H and O–H groups in total. The van der Waals surface area contributed by atoms with Crippen LogP contribution < -0.4 is 10.5 Å². The number of benzene rings is 1. The molecule has 4 nitrogen and oxygen atoms in total. The van der Waals surface area contributed by atoms with Gasteiger partial charge in [-0.1, -0.05) is 6.07 Å². The molecule has 0 fully saturated rings. The first-order chi connectivity index (χ1) is 6.66. The highest BCUT2D eigenvalue weighted by molar-refractivity contribution is 5.73. The van der Waals surface area contributed by atoms with Crippen molar-refractivity contribution < 1.29 is 14.6 Å². The molecule has 0 radical (unpaired) electrons. The maximum atomic E-state index is 10.7. The highest BCUT2D eigenvalue weighted by Gasteiger charge is 2.25. The van der Waals surface area contributed by atoms with Crippen LogP contribution in [0.1, 0.15) is 12.0 Å². The molecule has 0 aromatic heterocycles. The van der Waals surface area contributed by atoms with E-state index in [1.54, 1.807) is 12.1 Å². The molecule has 2 rings (SSSR count). The van der Waals surface area contributed by atoms with E-state index in [9.17, 15) is 4.79 Å². The number of hydrogen-bond acceptors (Lipinski definition) is 3. The van der Waals surface area contributed by atoms with Crippen LogP contribution in [0.3, 0.4) is 0 Å². The van der Waals surface area contributed by atoms with Crippen molar-refractivity contribution in [2.24, 2.45) is 0 Å². The van der Waals surface area contributed by atoms with Gasteiger partial charge in [0.2, 0.25) is 0 Å². The molecule has 0 aliphatic carbocycles. The minimum atomic E-state index is -0.918. The molecule has 1 unspecified atom stereocenters. The second-order valence-corrected chi connectivity index (χ2v) is 3.35. The van der Waals surface area contributed by atoms with Crippen molar-refractivity contribution in [3.8, 4) is 5.75 Å². The van der Waals surface area contributed by atoms with Crippen LogP contribution in [-0.2, 0) is 11.2 Å². The lowest BCUT2D eigenvalue weighted by atomic mass is 10.0. The van der Waals surface area contributed by atoms with E-state index in [-0.39, 0.29) is 0 Å². The summed E-state index contributed by atoms with van der Waals surface area (Å²) >= 11 is 0. The van der Waals surface area contributed by atoms with Crippen molar-refractivity contribution in [2.45, 2.75) is 18.9 Å². The van der Waals surface area contributed by atoms with E-state index in [1.165, 1.54) is 0 Å². The number of ether oxygens (including phenoxy) is 1. The van der Waals surface area contributed by atoms with Crippen LogP contribution >= 0.6 is 0 Å². The fraction of sp³-hybridized carbons (Fsp3) is 0.300. The smallest absolute Gasteiger partial charge is 0.344 e. The van der Waals surface area contributed by atoms with Crippen LogP contribution in [0.15, 0.2) is 18.2 Å². The summed E-state index contributed by atoms with van der Waals surface area (Å²) in [4.78, 5) is 10.7. The summed E-state index contributed by atoms with van der Waals surface area (Å²) < 4.78 is 5.29. The van der Waals surface area contributed by atoms with Gasteiger partial charge in [0.05, 0.1) is 0 Å². The SMILES string of the molecule is Nc1ccc2c(c1)OC(C(=O)O)CC2. The monoisotopic (exact) mass is 193 g/mol. The molecule has 1 heterocycles. The maximum Gasteiger partial charge on any atom is 0.344 e. The summed E-state index contributed by atoms with van der Waals surface area (Å²) in [6.07, 6.45) is 0.517. The fourth-order valence-electron chi connectivity index (χ4n) is 1.56. The van der Waals surface area contributed by atoms with E-state index in [0.29, 0.717) is 17.9 Å². The van der Waals surface area contributed by atoms with Gasteiger partial charge in [-0.3, -0.25) is 0 Å². The zero-order valence-corrected chi connectivity index (χ0v) is 7.56. The number of carboxylic acid groups (broad SMARTS) is 1. The van der Waals surface area contributed by atoms with Crippen LogP contribution in [0.4, 0.5) is 5.69 Å². The molecule has 1 aromatic rings. The Kier molecular flexibility index (Phi) is 2.04. The summed E-state index contributed by atoms with van der Waals surface area (Å²) in [5.74, 6) is -0.318. The Bertz CT molecular complexity index is 376. The van der Waals surface area contributed by atoms with Crippen molar-refractivity contribution in [3.63, 3.8) is 0 Å². The molecule has 0 saturated carbocycles. The zero-order chi connectivity index (χ0) is 10.1. The van der Waals surface area contributed by atoms with Gasteiger partial charge in [-0.25, -0.2) is 4.79 Å². The highest BCUT2D eigenvalue weighted by Crippen LogP contribution is 2.29. The number of aliphatic carboxylic acids is 1. The molecule has 0 bridgehead atoms. The number of carboxylic acids is 1.